The second-order valence-corrected chi connectivity index (χ2v) is 10.9. The summed E-state index contributed by atoms with van der Waals surface area (Å²) in [5.74, 6) is -0.688. The highest BCUT2D eigenvalue weighted by Gasteiger charge is 2.02. The summed E-state index contributed by atoms with van der Waals surface area (Å²) in [5, 5.41) is 8.61. The van der Waals surface area contributed by atoms with E-state index in [9.17, 15) is 9.59 Å². The fourth-order valence-corrected chi connectivity index (χ4v) is 4.74. The lowest BCUT2D eigenvalue weighted by Crippen LogP contribution is -2.05. The monoisotopic (exact) mass is 522 g/mol. The van der Waals surface area contributed by atoms with Crippen LogP contribution in [0.2, 0.25) is 0 Å². The molecule has 37 heavy (non-hydrogen) atoms. The quantitative estimate of drug-likeness (QED) is 0.0578. The number of unbranched alkanes of at least 4 members (excludes halogenated alkanes) is 22. The molecule has 1 N–H and O–H groups in total. The molecule has 0 bridgehead atoms. The molecule has 0 aromatic rings. The second-order valence-electron chi connectivity index (χ2n) is 10.9. The summed E-state index contributed by atoms with van der Waals surface area (Å²) in [7, 11) is 0. The third-order valence-electron chi connectivity index (χ3n) is 7.19. The molecule has 0 amide bonds. The van der Waals surface area contributed by atoms with Crippen molar-refractivity contribution in [3.8, 4) is 0 Å². The Balaban J connectivity index is 3.20. The van der Waals surface area contributed by atoms with Gasteiger partial charge in [0.25, 0.3) is 0 Å². The lowest BCUT2D eigenvalue weighted by Gasteiger charge is -2.05. The number of carboxylic acid groups (broad SMARTS) is 1. The van der Waals surface area contributed by atoms with Crippen molar-refractivity contribution in [3.05, 3.63) is 12.2 Å². The number of carboxylic acids is 1. The molecule has 0 radical (unpaired) electrons. The van der Waals surface area contributed by atoms with E-state index in [0.717, 1.165) is 38.5 Å². The maximum Gasteiger partial charge on any atom is 0.305 e. The minimum atomic E-state index is -0.674. The van der Waals surface area contributed by atoms with Gasteiger partial charge in [0.05, 0.1) is 6.61 Å². The van der Waals surface area contributed by atoms with Gasteiger partial charge in [-0.3, -0.25) is 9.59 Å². The molecule has 0 aromatic heterocycles. The predicted molar refractivity (Wildman–Crippen MR) is 158 cm³/mol. The van der Waals surface area contributed by atoms with Crippen molar-refractivity contribution < 1.29 is 19.4 Å². The number of hydrogen-bond donors (Lipinski definition) is 1. The molecule has 0 aliphatic carbocycles. The molecule has 0 heterocycles. The molecule has 4 heteroatoms. The van der Waals surface area contributed by atoms with Gasteiger partial charge in [-0.1, -0.05) is 135 Å². The van der Waals surface area contributed by atoms with Crippen LogP contribution < -0.4 is 0 Å². The average Bonchev–Trinajstić information content (AvgIpc) is 2.88. The molecule has 0 spiro atoms. The molecule has 0 rings (SSSR count). The molecule has 0 unspecified atom stereocenters. The number of ether oxygens (including phenoxy) is 1. The molecule has 218 valence electrons. The second kappa shape index (κ2) is 30.9. The van der Waals surface area contributed by atoms with Gasteiger partial charge in [0.1, 0.15) is 0 Å². The highest BCUT2D eigenvalue weighted by Crippen LogP contribution is 2.13. The normalized spacial score (nSPS) is 11.4. The molecular weight excluding hydrogens is 460 g/mol. The summed E-state index contributed by atoms with van der Waals surface area (Å²) < 4.78 is 5.39. The molecule has 0 saturated carbocycles. The third kappa shape index (κ3) is 32.7. The van der Waals surface area contributed by atoms with E-state index in [1.54, 1.807) is 0 Å². The van der Waals surface area contributed by atoms with Crippen molar-refractivity contribution in [3.63, 3.8) is 0 Å². The van der Waals surface area contributed by atoms with Gasteiger partial charge in [0.15, 0.2) is 0 Å². The zero-order valence-corrected chi connectivity index (χ0v) is 24.6. The predicted octanol–water partition coefficient (Wildman–Crippen LogP) is 10.7. The van der Waals surface area contributed by atoms with E-state index in [2.05, 4.69) is 19.1 Å². The van der Waals surface area contributed by atoms with Crippen LogP contribution in [0.5, 0.6) is 0 Å². The van der Waals surface area contributed by atoms with Gasteiger partial charge in [-0.2, -0.15) is 0 Å². The van der Waals surface area contributed by atoms with Crippen molar-refractivity contribution in [2.75, 3.05) is 6.61 Å². The summed E-state index contributed by atoms with van der Waals surface area (Å²) >= 11 is 0. The maximum absolute atomic E-state index is 11.9. The first-order valence-electron chi connectivity index (χ1n) is 16.2. The van der Waals surface area contributed by atoms with E-state index < -0.39 is 5.97 Å². The van der Waals surface area contributed by atoms with Crippen molar-refractivity contribution in [2.45, 2.75) is 180 Å². The maximum atomic E-state index is 11.9. The Kier molecular flexibility index (Phi) is 29.8. The fraction of sp³-hybridized carbons (Fsp3) is 0.879. The highest BCUT2D eigenvalue weighted by atomic mass is 16.5. The summed E-state index contributed by atoms with van der Waals surface area (Å²) in [6.45, 7) is 2.86. The number of hydrogen-bond acceptors (Lipinski definition) is 3. The SMILES string of the molecule is CCCCCCCC/C=C\CCCCCCCC(=O)OCCCCCCCCCCCCCCC(=O)O. The third-order valence-corrected chi connectivity index (χ3v) is 7.19. The van der Waals surface area contributed by atoms with Crippen LogP contribution in [-0.4, -0.2) is 23.7 Å². The topological polar surface area (TPSA) is 63.6 Å². The summed E-state index contributed by atoms with van der Waals surface area (Å²) in [5.41, 5.74) is 0. The molecule has 0 aromatic carbocycles. The Hall–Kier alpha value is -1.32. The van der Waals surface area contributed by atoms with Crippen LogP contribution in [-0.2, 0) is 14.3 Å². The van der Waals surface area contributed by atoms with Crippen LogP contribution in [0.25, 0.3) is 0 Å². The first-order valence-corrected chi connectivity index (χ1v) is 16.2. The first-order chi connectivity index (χ1) is 18.2. The van der Waals surface area contributed by atoms with Crippen molar-refractivity contribution in [1.82, 2.24) is 0 Å². The number of carbonyl (C=O) groups is 2. The van der Waals surface area contributed by atoms with Crippen LogP contribution in [0.4, 0.5) is 0 Å². The molecule has 4 nitrogen and oxygen atoms in total. The van der Waals surface area contributed by atoms with Crippen LogP contribution in [0.1, 0.15) is 180 Å². The van der Waals surface area contributed by atoms with E-state index >= 15 is 0 Å². The Morgan fingerprint density at radius 1 is 0.514 bits per heavy atom. The lowest BCUT2D eigenvalue weighted by molar-refractivity contribution is -0.144. The first kappa shape index (κ1) is 35.7. The average molecular weight is 523 g/mol. The van der Waals surface area contributed by atoms with Crippen molar-refractivity contribution in [1.29, 1.82) is 0 Å². The standard InChI is InChI=1S/C33H62O4/c1-2-3-4-5-6-7-8-9-10-11-15-18-21-24-27-30-33(36)37-31-28-25-22-19-16-13-12-14-17-20-23-26-29-32(34)35/h9-10H,2-8,11-31H2,1H3,(H,34,35)/b10-9-. The molecule has 0 atom stereocenters. The van der Waals surface area contributed by atoms with Gasteiger partial charge in [0, 0.05) is 12.8 Å². The van der Waals surface area contributed by atoms with Crippen molar-refractivity contribution >= 4 is 11.9 Å². The largest absolute Gasteiger partial charge is 0.481 e. The Labute approximate surface area is 230 Å². The van der Waals surface area contributed by atoms with Gasteiger partial charge >= 0.3 is 11.9 Å². The van der Waals surface area contributed by atoms with E-state index in [1.807, 2.05) is 0 Å². The Bertz CT molecular complexity index is 514. The molecule has 0 fully saturated rings. The summed E-state index contributed by atoms with van der Waals surface area (Å²) in [6, 6.07) is 0. The van der Waals surface area contributed by atoms with E-state index in [4.69, 9.17) is 9.84 Å². The van der Waals surface area contributed by atoms with Gasteiger partial charge in [0.2, 0.25) is 0 Å². The molecule has 0 aliphatic rings. The smallest absolute Gasteiger partial charge is 0.305 e. The van der Waals surface area contributed by atoms with E-state index in [-0.39, 0.29) is 5.97 Å². The fourth-order valence-electron chi connectivity index (χ4n) is 4.74. The Morgan fingerprint density at radius 3 is 1.35 bits per heavy atom. The number of esters is 1. The molecule has 0 aliphatic heterocycles. The van der Waals surface area contributed by atoms with Crippen molar-refractivity contribution in [2.24, 2.45) is 0 Å². The minimum Gasteiger partial charge on any atom is -0.481 e. The van der Waals surface area contributed by atoms with Crippen LogP contribution in [0, 0.1) is 0 Å². The lowest BCUT2D eigenvalue weighted by atomic mass is 10.0. The zero-order chi connectivity index (χ0) is 27.1. The highest BCUT2D eigenvalue weighted by molar-refractivity contribution is 5.69. The number of allylic oxidation sites excluding steroid dienone is 2. The zero-order valence-electron chi connectivity index (χ0n) is 24.6. The number of aliphatic carboxylic acids is 1. The van der Waals surface area contributed by atoms with Gasteiger partial charge in [-0.05, 0) is 44.9 Å². The molecular formula is C33H62O4. The number of rotatable bonds is 30. The van der Waals surface area contributed by atoms with Gasteiger partial charge in [-0.15, -0.1) is 0 Å². The summed E-state index contributed by atoms with van der Waals surface area (Å²) in [6.07, 6.45) is 36.3. The van der Waals surface area contributed by atoms with E-state index in [1.165, 1.54) is 122 Å². The van der Waals surface area contributed by atoms with Crippen LogP contribution >= 0.6 is 0 Å². The van der Waals surface area contributed by atoms with Gasteiger partial charge in [-0.25, -0.2) is 0 Å². The van der Waals surface area contributed by atoms with Gasteiger partial charge < -0.3 is 9.84 Å². The summed E-state index contributed by atoms with van der Waals surface area (Å²) in [4.78, 5) is 22.3. The molecule has 0 saturated heterocycles. The Morgan fingerprint density at radius 2 is 0.892 bits per heavy atom. The van der Waals surface area contributed by atoms with E-state index in [0.29, 0.717) is 19.4 Å². The van der Waals surface area contributed by atoms with Crippen LogP contribution in [0.15, 0.2) is 12.2 Å². The van der Waals surface area contributed by atoms with Crippen LogP contribution in [0.3, 0.4) is 0 Å². The minimum absolute atomic E-state index is 0.0133. The number of carbonyl (C=O) groups excluding carboxylic acids is 1.